The van der Waals surface area contributed by atoms with Crippen molar-refractivity contribution in [2.45, 2.75) is 39.3 Å². The maximum atomic E-state index is 11.1. The quantitative estimate of drug-likeness (QED) is 0.747. The predicted octanol–water partition coefficient (Wildman–Crippen LogP) is 0.644. The minimum Gasteiger partial charge on any atom is -0.468 e. The van der Waals surface area contributed by atoms with Crippen molar-refractivity contribution in [2.24, 2.45) is 5.73 Å². The van der Waals surface area contributed by atoms with Crippen LogP contribution in [0.2, 0.25) is 0 Å². The molecule has 0 aliphatic heterocycles. The number of methoxy groups -OCH3 is 1. The van der Waals surface area contributed by atoms with Crippen LogP contribution in [0.4, 0.5) is 0 Å². The average molecular weight is 225 g/mol. The summed E-state index contributed by atoms with van der Waals surface area (Å²) < 4.78 is 6.61. The number of nitrogens with zero attached hydrogens (tertiary/aromatic N) is 2. The molecule has 5 heteroatoms. The van der Waals surface area contributed by atoms with E-state index in [0.29, 0.717) is 13.0 Å². The summed E-state index contributed by atoms with van der Waals surface area (Å²) in [7, 11) is 1.35. The van der Waals surface area contributed by atoms with Crippen molar-refractivity contribution in [1.29, 1.82) is 0 Å². The summed E-state index contributed by atoms with van der Waals surface area (Å²) in [6.07, 6.45) is 3.42. The Hall–Kier alpha value is -1.36. The molecular formula is C11H19N3O2. The van der Waals surface area contributed by atoms with Crippen molar-refractivity contribution in [3.63, 3.8) is 0 Å². The summed E-state index contributed by atoms with van der Waals surface area (Å²) >= 11 is 0. The van der Waals surface area contributed by atoms with Gasteiger partial charge in [0.15, 0.2) is 0 Å². The van der Waals surface area contributed by atoms with Gasteiger partial charge in [0.05, 0.1) is 12.8 Å². The number of carbonyl (C=O) groups excluding carboxylic acids is 1. The molecular weight excluding hydrogens is 206 g/mol. The van der Waals surface area contributed by atoms with Gasteiger partial charge in [-0.25, -0.2) is 4.98 Å². The molecule has 2 N–H and O–H groups in total. The van der Waals surface area contributed by atoms with E-state index in [4.69, 9.17) is 5.73 Å². The lowest BCUT2D eigenvalue weighted by molar-refractivity contribution is -0.142. The number of hydrogen-bond acceptors (Lipinski definition) is 4. The van der Waals surface area contributed by atoms with Gasteiger partial charge in [0, 0.05) is 19.2 Å². The summed E-state index contributed by atoms with van der Waals surface area (Å²) in [5.41, 5.74) is 6.65. The van der Waals surface area contributed by atoms with E-state index >= 15 is 0 Å². The van der Waals surface area contributed by atoms with E-state index in [1.807, 2.05) is 17.7 Å². The van der Waals surface area contributed by atoms with E-state index in [-0.39, 0.29) is 5.97 Å². The highest BCUT2D eigenvalue weighted by molar-refractivity contribution is 5.75. The average Bonchev–Trinajstić information content (AvgIpc) is 2.65. The molecule has 0 aromatic carbocycles. The van der Waals surface area contributed by atoms with E-state index < -0.39 is 6.04 Å². The summed E-state index contributed by atoms with van der Waals surface area (Å²) in [5, 5.41) is 0. The molecule has 0 saturated heterocycles. The summed E-state index contributed by atoms with van der Waals surface area (Å²) in [6.45, 7) is 4.70. The normalized spacial score (nSPS) is 12.5. The van der Waals surface area contributed by atoms with Crippen molar-refractivity contribution in [3.05, 3.63) is 17.7 Å². The first-order valence-corrected chi connectivity index (χ1v) is 5.44. The number of carbonyl (C=O) groups is 1. The Kier molecular flexibility index (Phi) is 4.49. The fourth-order valence-electron chi connectivity index (χ4n) is 1.62. The predicted molar refractivity (Wildman–Crippen MR) is 61.0 cm³/mol. The molecule has 0 bridgehead atoms. The number of nitrogens with two attached hydrogens (primary N) is 1. The van der Waals surface area contributed by atoms with Gasteiger partial charge in [-0.2, -0.15) is 0 Å². The largest absolute Gasteiger partial charge is 0.468 e. The number of aryl methyl sites for hydroxylation is 3. The fourth-order valence-corrected chi connectivity index (χ4v) is 1.62. The third-order valence-corrected chi connectivity index (χ3v) is 2.48. The molecule has 0 radical (unpaired) electrons. The molecule has 1 rings (SSSR count). The Morgan fingerprint density at radius 2 is 2.38 bits per heavy atom. The van der Waals surface area contributed by atoms with Crippen LogP contribution >= 0.6 is 0 Å². The molecule has 0 aliphatic rings. The van der Waals surface area contributed by atoms with Gasteiger partial charge in [0.25, 0.3) is 0 Å². The molecule has 1 aromatic rings. The standard InChI is InChI=1S/C11H19N3O2/c1-4-10-13-8(2)7-14(10)6-5-9(12)11(15)16-3/h7,9H,4-6,12H2,1-3H3. The van der Waals surface area contributed by atoms with Gasteiger partial charge in [-0.15, -0.1) is 0 Å². The molecule has 90 valence electrons. The highest BCUT2D eigenvalue weighted by Crippen LogP contribution is 2.05. The monoisotopic (exact) mass is 225 g/mol. The van der Waals surface area contributed by atoms with Crippen LogP contribution in [-0.4, -0.2) is 28.7 Å². The maximum Gasteiger partial charge on any atom is 0.322 e. The summed E-state index contributed by atoms with van der Waals surface area (Å²) in [5.74, 6) is 0.657. The highest BCUT2D eigenvalue weighted by Gasteiger charge is 2.14. The van der Waals surface area contributed by atoms with E-state index in [2.05, 4.69) is 16.6 Å². The van der Waals surface area contributed by atoms with Crippen molar-refractivity contribution >= 4 is 5.97 Å². The lowest BCUT2D eigenvalue weighted by atomic mass is 10.2. The second-order valence-electron chi connectivity index (χ2n) is 3.76. The van der Waals surface area contributed by atoms with Gasteiger partial charge >= 0.3 is 5.97 Å². The number of esters is 1. The molecule has 16 heavy (non-hydrogen) atoms. The summed E-state index contributed by atoms with van der Waals surface area (Å²) in [4.78, 5) is 15.5. The van der Waals surface area contributed by atoms with Crippen LogP contribution in [0.25, 0.3) is 0 Å². The minimum absolute atomic E-state index is 0.366. The second kappa shape index (κ2) is 5.65. The van der Waals surface area contributed by atoms with Gasteiger partial charge in [-0.05, 0) is 13.3 Å². The zero-order chi connectivity index (χ0) is 12.1. The molecule has 0 saturated carbocycles. The molecule has 0 aliphatic carbocycles. The Labute approximate surface area is 95.6 Å². The number of hydrogen-bond donors (Lipinski definition) is 1. The van der Waals surface area contributed by atoms with Crippen LogP contribution in [-0.2, 0) is 22.5 Å². The second-order valence-corrected chi connectivity index (χ2v) is 3.76. The Morgan fingerprint density at radius 1 is 1.69 bits per heavy atom. The molecule has 0 spiro atoms. The molecule has 0 amide bonds. The number of ether oxygens (including phenoxy) is 1. The number of imidazole rings is 1. The first-order valence-electron chi connectivity index (χ1n) is 5.44. The number of rotatable bonds is 5. The van der Waals surface area contributed by atoms with Gasteiger partial charge in [0.1, 0.15) is 11.9 Å². The zero-order valence-corrected chi connectivity index (χ0v) is 10.1. The third-order valence-electron chi connectivity index (χ3n) is 2.48. The fraction of sp³-hybridized carbons (Fsp3) is 0.636. The van der Waals surface area contributed by atoms with Crippen LogP contribution in [0, 0.1) is 6.92 Å². The van der Waals surface area contributed by atoms with E-state index in [0.717, 1.165) is 17.9 Å². The zero-order valence-electron chi connectivity index (χ0n) is 10.1. The molecule has 5 nitrogen and oxygen atoms in total. The van der Waals surface area contributed by atoms with E-state index in [9.17, 15) is 4.79 Å². The maximum absolute atomic E-state index is 11.1. The first-order chi connectivity index (χ1) is 7.58. The SMILES string of the molecule is CCc1nc(C)cn1CCC(N)C(=O)OC. The van der Waals surface area contributed by atoms with Crippen LogP contribution in [0.5, 0.6) is 0 Å². The topological polar surface area (TPSA) is 70.1 Å². The molecule has 0 fully saturated rings. The molecule has 1 heterocycles. The van der Waals surface area contributed by atoms with E-state index in [1.54, 1.807) is 0 Å². The Balaban J connectivity index is 2.57. The smallest absolute Gasteiger partial charge is 0.322 e. The van der Waals surface area contributed by atoms with Gasteiger partial charge in [-0.3, -0.25) is 4.79 Å². The number of aromatic nitrogens is 2. The molecule has 1 atom stereocenters. The summed E-state index contributed by atoms with van der Waals surface area (Å²) in [6, 6.07) is -0.558. The van der Waals surface area contributed by atoms with Crippen LogP contribution in [0.1, 0.15) is 24.9 Å². The Morgan fingerprint density at radius 3 is 2.94 bits per heavy atom. The van der Waals surface area contributed by atoms with E-state index in [1.165, 1.54) is 7.11 Å². The lowest BCUT2D eigenvalue weighted by Gasteiger charge is -2.10. The molecule has 1 unspecified atom stereocenters. The van der Waals surface area contributed by atoms with Gasteiger partial charge < -0.3 is 15.0 Å². The van der Waals surface area contributed by atoms with Crippen LogP contribution in [0.15, 0.2) is 6.20 Å². The van der Waals surface area contributed by atoms with Gasteiger partial charge in [0.2, 0.25) is 0 Å². The molecule has 1 aromatic heterocycles. The van der Waals surface area contributed by atoms with Crippen LogP contribution < -0.4 is 5.73 Å². The van der Waals surface area contributed by atoms with Gasteiger partial charge in [-0.1, -0.05) is 6.92 Å². The van der Waals surface area contributed by atoms with Crippen molar-refractivity contribution < 1.29 is 9.53 Å². The highest BCUT2D eigenvalue weighted by atomic mass is 16.5. The first kappa shape index (κ1) is 12.7. The third kappa shape index (κ3) is 3.06. The van der Waals surface area contributed by atoms with Crippen molar-refractivity contribution in [2.75, 3.05) is 7.11 Å². The van der Waals surface area contributed by atoms with Crippen LogP contribution in [0.3, 0.4) is 0 Å². The minimum atomic E-state index is -0.558. The lowest BCUT2D eigenvalue weighted by Crippen LogP contribution is -2.32. The Bertz CT molecular complexity index is 360. The van der Waals surface area contributed by atoms with Crippen molar-refractivity contribution in [3.8, 4) is 0 Å². The van der Waals surface area contributed by atoms with Crippen molar-refractivity contribution in [1.82, 2.24) is 9.55 Å².